The van der Waals surface area contributed by atoms with E-state index in [1.165, 1.54) is 0 Å². The van der Waals surface area contributed by atoms with Gasteiger partial charge in [0.2, 0.25) is 5.91 Å². The van der Waals surface area contributed by atoms with E-state index in [2.05, 4.69) is 16.3 Å². The van der Waals surface area contributed by atoms with E-state index >= 15 is 0 Å². The summed E-state index contributed by atoms with van der Waals surface area (Å²) in [4.78, 5) is 52.1. The van der Waals surface area contributed by atoms with Gasteiger partial charge in [0.25, 0.3) is 0 Å². The number of benzene rings is 1. The molecule has 0 radical (unpaired) electrons. The molecule has 1 aliphatic heterocycles. The highest BCUT2D eigenvalue weighted by Gasteiger charge is 2.45. The summed E-state index contributed by atoms with van der Waals surface area (Å²) in [7, 11) is 0. The van der Waals surface area contributed by atoms with Crippen molar-refractivity contribution in [3.63, 3.8) is 0 Å². The quantitative estimate of drug-likeness (QED) is 0.510. The summed E-state index contributed by atoms with van der Waals surface area (Å²) in [6.45, 7) is 9.17. The molecule has 0 spiro atoms. The van der Waals surface area contributed by atoms with Crippen LogP contribution < -0.4 is 10.2 Å². The minimum absolute atomic E-state index is 0.0381. The maximum absolute atomic E-state index is 12.3. The average molecular weight is 388 g/mol. The molecule has 2 rings (SSSR count). The van der Waals surface area contributed by atoms with E-state index in [-0.39, 0.29) is 12.5 Å². The van der Waals surface area contributed by atoms with Gasteiger partial charge in [0.1, 0.15) is 6.54 Å². The summed E-state index contributed by atoms with van der Waals surface area (Å²) in [5.41, 5.74) is 2.22. The molecule has 1 aromatic rings. The predicted octanol–water partition coefficient (Wildman–Crippen LogP) is 1.38. The summed E-state index contributed by atoms with van der Waals surface area (Å²) in [6, 6.07) is 7.36. The Kier molecular flexibility index (Phi) is 7.14. The van der Waals surface area contributed by atoms with Crippen LogP contribution in [0.2, 0.25) is 0 Å². The number of imide groups is 2. The third kappa shape index (κ3) is 5.09. The van der Waals surface area contributed by atoms with Gasteiger partial charge in [0, 0.05) is 31.9 Å². The van der Waals surface area contributed by atoms with Crippen molar-refractivity contribution in [3.05, 3.63) is 29.8 Å². The van der Waals surface area contributed by atoms with Crippen molar-refractivity contribution < 1.29 is 19.2 Å². The number of carbonyl (C=O) groups is 4. The van der Waals surface area contributed by atoms with Crippen molar-refractivity contribution in [2.75, 3.05) is 37.6 Å². The average Bonchev–Trinajstić information content (AvgIpc) is 2.83. The first-order valence-corrected chi connectivity index (χ1v) is 9.50. The van der Waals surface area contributed by atoms with E-state index in [1.54, 1.807) is 0 Å². The molecule has 0 unspecified atom stereocenters. The monoisotopic (exact) mass is 388 g/mol. The number of hydrogen-bond donors (Lipinski definition) is 1. The van der Waals surface area contributed by atoms with Crippen LogP contribution in [0.25, 0.3) is 0 Å². The highest BCUT2D eigenvalue weighted by molar-refractivity contribution is 6.45. The van der Waals surface area contributed by atoms with Crippen molar-refractivity contribution >= 4 is 29.4 Å². The fourth-order valence-electron chi connectivity index (χ4n) is 3.04. The second-order valence-corrected chi connectivity index (χ2v) is 7.25. The van der Waals surface area contributed by atoms with Crippen molar-refractivity contribution in [1.29, 1.82) is 0 Å². The second-order valence-electron chi connectivity index (χ2n) is 7.25. The lowest BCUT2D eigenvalue weighted by Gasteiger charge is -2.24. The molecule has 8 heteroatoms. The Morgan fingerprint density at radius 2 is 1.82 bits per heavy atom. The molecule has 0 saturated carbocycles. The number of rotatable bonds is 9. The van der Waals surface area contributed by atoms with E-state index in [9.17, 15) is 19.2 Å². The number of nitrogens with zero attached hydrogens (tertiary/aromatic N) is 3. The van der Waals surface area contributed by atoms with Crippen molar-refractivity contribution in [3.8, 4) is 0 Å². The summed E-state index contributed by atoms with van der Waals surface area (Å²) in [6.07, 6.45) is 0. The molecule has 0 atom stereocenters. The molecule has 0 bridgehead atoms. The number of hydrogen-bond acceptors (Lipinski definition) is 5. The van der Waals surface area contributed by atoms with E-state index in [0.29, 0.717) is 18.0 Å². The number of likely N-dealkylation sites (N-methyl/N-ethyl adjacent to an activating group) is 1. The summed E-state index contributed by atoms with van der Waals surface area (Å²) in [5.74, 6) is -2.25. The molecule has 28 heavy (non-hydrogen) atoms. The van der Waals surface area contributed by atoms with Gasteiger partial charge in [-0.1, -0.05) is 26.0 Å². The highest BCUT2D eigenvalue weighted by Crippen LogP contribution is 2.15. The first kappa shape index (κ1) is 21.4. The van der Waals surface area contributed by atoms with Crippen LogP contribution >= 0.6 is 0 Å². The molecule has 152 valence electrons. The summed E-state index contributed by atoms with van der Waals surface area (Å²) >= 11 is 0. The van der Waals surface area contributed by atoms with Crippen LogP contribution in [0.5, 0.6) is 0 Å². The van der Waals surface area contributed by atoms with Crippen molar-refractivity contribution in [2.45, 2.75) is 27.7 Å². The van der Waals surface area contributed by atoms with Crippen molar-refractivity contribution in [2.24, 2.45) is 5.92 Å². The molecule has 8 nitrogen and oxygen atoms in total. The Morgan fingerprint density at radius 3 is 2.43 bits per heavy atom. The number of carbonyl (C=O) groups excluding carboxylic acids is 4. The lowest BCUT2D eigenvalue weighted by atomic mass is 10.2. The molecular formula is C20H28N4O4. The molecule has 0 aliphatic carbocycles. The Morgan fingerprint density at radius 1 is 1.14 bits per heavy atom. The van der Waals surface area contributed by atoms with Gasteiger partial charge in [-0.05, 0) is 37.5 Å². The Hall–Kier alpha value is -2.90. The maximum Gasteiger partial charge on any atom is 0.334 e. The van der Waals surface area contributed by atoms with E-state index in [0.717, 1.165) is 22.7 Å². The van der Waals surface area contributed by atoms with Crippen LogP contribution in [0, 0.1) is 12.8 Å². The molecule has 0 aromatic heterocycles. The Labute approximate surface area is 165 Å². The van der Waals surface area contributed by atoms with Crippen LogP contribution in [-0.4, -0.2) is 66.3 Å². The first-order valence-electron chi connectivity index (χ1n) is 9.50. The second kappa shape index (κ2) is 9.34. The molecule has 1 saturated heterocycles. The van der Waals surface area contributed by atoms with Gasteiger partial charge in [0.15, 0.2) is 0 Å². The fourth-order valence-corrected chi connectivity index (χ4v) is 3.04. The number of aryl methyl sites for hydroxylation is 1. The number of nitrogens with one attached hydrogen (secondary N) is 1. The fraction of sp³-hybridized carbons (Fsp3) is 0.500. The van der Waals surface area contributed by atoms with Crippen LogP contribution in [0.15, 0.2) is 24.3 Å². The zero-order chi connectivity index (χ0) is 20.8. The van der Waals surface area contributed by atoms with E-state index < -0.39 is 30.3 Å². The number of amides is 5. The summed E-state index contributed by atoms with van der Waals surface area (Å²) in [5, 5.41) is 2.71. The minimum atomic E-state index is -0.948. The highest BCUT2D eigenvalue weighted by atomic mass is 16.2. The molecular weight excluding hydrogens is 360 g/mol. The van der Waals surface area contributed by atoms with Crippen LogP contribution in [0.3, 0.4) is 0 Å². The van der Waals surface area contributed by atoms with Gasteiger partial charge in [-0.2, -0.15) is 0 Å². The lowest BCUT2D eigenvalue weighted by molar-refractivity contribution is -0.144. The molecule has 1 aliphatic rings. The number of urea groups is 1. The van der Waals surface area contributed by atoms with Gasteiger partial charge in [-0.3, -0.25) is 19.3 Å². The third-order valence-corrected chi connectivity index (χ3v) is 4.44. The molecule has 1 N–H and O–H groups in total. The zero-order valence-electron chi connectivity index (χ0n) is 16.9. The Bertz CT molecular complexity index is 762. The SMILES string of the molecule is CCN(CCNC(=O)CN1C(=O)C(=O)N(CC(C)C)C1=O)c1cccc(C)c1. The zero-order valence-corrected chi connectivity index (χ0v) is 16.9. The first-order chi connectivity index (χ1) is 13.2. The lowest BCUT2D eigenvalue weighted by Crippen LogP contribution is -2.43. The van der Waals surface area contributed by atoms with Crippen molar-refractivity contribution in [1.82, 2.24) is 15.1 Å². The normalized spacial score (nSPS) is 14.2. The smallest absolute Gasteiger partial charge is 0.334 e. The van der Waals surface area contributed by atoms with Crippen LogP contribution in [-0.2, 0) is 14.4 Å². The van der Waals surface area contributed by atoms with Gasteiger partial charge in [0.05, 0.1) is 0 Å². The van der Waals surface area contributed by atoms with Gasteiger partial charge < -0.3 is 10.2 Å². The summed E-state index contributed by atoms with van der Waals surface area (Å²) < 4.78 is 0. The largest absolute Gasteiger partial charge is 0.370 e. The van der Waals surface area contributed by atoms with Gasteiger partial charge >= 0.3 is 17.8 Å². The van der Waals surface area contributed by atoms with E-state index in [1.807, 2.05) is 45.9 Å². The number of anilines is 1. The van der Waals surface area contributed by atoms with Gasteiger partial charge in [-0.25, -0.2) is 9.69 Å². The third-order valence-electron chi connectivity index (χ3n) is 4.44. The van der Waals surface area contributed by atoms with Crippen LogP contribution in [0.1, 0.15) is 26.3 Å². The standard InChI is InChI=1S/C20H28N4O4/c1-5-22(16-8-6-7-15(4)11-16)10-9-21-17(25)13-24-19(27)18(26)23(20(24)28)12-14(2)3/h6-8,11,14H,5,9-10,12-13H2,1-4H3,(H,21,25). The predicted molar refractivity (Wildman–Crippen MR) is 106 cm³/mol. The molecule has 1 heterocycles. The van der Waals surface area contributed by atoms with Crippen LogP contribution in [0.4, 0.5) is 10.5 Å². The molecule has 5 amide bonds. The maximum atomic E-state index is 12.3. The Balaban J connectivity index is 1.87. The molecule has 1 aromatic carbocycles. The molecule has 1 fully saturated rings. The minimum Gasteiger partial charge on any atom is -0.370 e. The topological polar surface area (TPSA) is 90.0 Å². The van der Waals surface area contributed by atoms with Gasteiger partial charge in [-0.15, -0.1) is 0 Å². The van der Waals surface area contributed by atoms with E-state index in [4.69, 9.17) is 0 Å².